The number of thiazole rings is 1. The third-order valence-corrected chi connectivity index (χ3v) is 9.81. The third-order valence-electron chi connectivity index (χ3n) is 9.13. The van der Waals surface area contributed by atoms with E-state index in [1.165, 1.54) is 17.4 Å². The molecule has 0 aliphatic heterocycles. The summed E-state index contributed by atoms with van der Waals surface area (Å²) in [5.74, 6) is -0.793. The predicted molar refractivity (Wildman–Crippen MR) is 113 cm³/mol. The lowest BCUT2D eigenvalue weighted by atomic mass is 9.44. The molecule has 162 valence electrons. The lowest BCUT2D eigenvalue weighted by Crippen LogP contribution is -2.68. The first-order valence-electron chi connectivity index (χ1n) is 10.7. The number of nitrogen functional groups attached to an aromatic ring is 1. The van der Waals surface area contributed by atoms with E-state index in [0.29, 0.717) is 30.1 Å². The number of aliphatic hydroxyl groups is 2. The highest BCUT2D eigenvalue weighted by molar-refractivity contribution is 7.13. The molecule has 4 aliphatic rings. The Kier molecular flexibility index (Phi) is 4.08. The predicted octanol–water partition coefficient (Wildman–Crippen LogP) is 3.53. The van der Waals surface area contributed by atoms with Crippen molar-refractivity contribution in [2.24, 2.45) is 28.6 Å². The van der Waals surface area contributed by atoms with Gasteiger partial charge in [-0.2, -0.15) is 0 Å². The first-order valence-corrected chi connectivity index (χ1v) is 11.6. The van der Waals surface area contributed by atoms with Gasteiger partial charge >= 0.3 is 0 Å². The number of aliphatic hydroxyl groups excluding tert-OH is 1. The number of aromatic nitrogens is 1. The fourth-order valence-electron chi connectivity index (χ4n) is 7.55. The molecule has 3 fully saturated rings. The molecule has 8 atom stereocenters. The summed E-state index contributed by atoms with van der Waals surface area (Å²) in [7, 11) is 0. The first-order chi connectivity index (χ1) is 14.0. The molecule has 0 amide bonds. The summed E-state index contributed by atoms with van der Waals surface area (Å²) in [6, 6.07) is 0. The summed E-state index contributed by atoms with van der Waals surface area (Å²) in [6.07, 6.45) is 5.34. The Labute approximate surface area is 179 Å². The van der Waals surface area contributed by atoms with E-state index in [4.69, 9.17) is 5.73 Å². The number of anilines is 1. The van der Waals surface area contributed by atoms with E-state index in [-0.39, 0.29) is 24.0 Å². The van der Waals surface area contributed by atoms with E-state index in [1.807, 2.05) is 20.8 Å². The van der Waals surface area contributed by atoms with Crippen LogP contribution in [-0.4, -0.2) is 32.8 Å². The molecule has 4 aliphatic carbocycles. The number of hydrogen-bond donors (Lipinski definition) is 3. The summed E-state index contributed by atoms with van der Waals surface area (Å²) in [6.45, 7) is 5.78. The van der Waals surface area contributed by atoms with Crippen LogP contribution in [0.2, 0.25) is 0 Å². The molecule has 0 aromatic carbocycles. The topological polar surface area (TPSA) is 96.4 Å². The van der Waals surface area contributed by atoms with Crippen molar-refractivity contribution in [1.82, 2.24) is 4.98 Å². The summed E-state index contributed by atoms with van der Waals surface area (Å²) in [5, 5.41) is 25.5. The lowest BCUT2D eigenvalue weighted by Gasteiger charge is -2.62. The number of fused-ring (bicyclic) bond motifs is 5. The SMILES string of the molecule is C[C@@H]1C[C@H]2[C@@H]3CCC4=CC(=O)C=C[C@]4(C)[C@@]3(F)[C@@H](O)C[C@]2(C)[C@@]1(O)c1csc(N)n1. The van der Waals surface area contributed by atoms with Crippen molar-refractivity contribution < 1.29 is 19.4 Å². The number of rotatable bonds is 1. The van der Waals surface area contributed by atoms with Crippen molar-refractivity contribution in [2.75, 3.05) is 5.73 Å². The molecule has 1 aromatic heterocycles. The van der Waals surface area contributed by atoms with Gasteiger partial charge in [0.15, 0.2) is 16.6 Å². The van der Waals surface area contributed by atoms with Crippen molar-refractivity contribution >= 4 is 22.3 Å². The van der Waals surface area contributed by atoms with E-state index < -0.39 is 34.1 Å². The van der Waals surface area contributed by atoms with Gasteiger partial charge in [0, 0.05) is 22.1 Å². The smallest absolute Gasteiger partial charge is 0.180 e. The molecule has 5 nitrogen and oxygen atoms in total. The van der Waals surface area contributed by atoms with Gasteiger partial charge in [-0.05, 0) is 56.6 Å². The Bertz CT molecular complexity index is 991. The maximum atomic E-state index is 17.1. The first kappa shape index (κ1) is 20.3. The number of nitrogens with zero attached hydrogens (tertiary/aromatic N) is 1. The van der Waals surface area contributed by atoms with Crippen molar-refractivity contribution in [3.05, 3.63) is 34.9 Å². The van der Waals surface area contributed by atoms with Crippen LogP contribution in [0.4, 0.5) is 9.52 Å². The molecule has 3 saturated carbocycles. The molecule has 5 rings (SSSR count). The van der Waals surface area contributed by atoms with Gasteiger partial charge in [-0.25, -0.2) is 9.37 Å². The van der Waals surface area contributed by atoms with E-state index >= 15 is 4.39 Å². The number of carbonyl (C=O) groups excluding carboxylic acids is 1. The average molecular weight is 433 g/mol. The molecule has 30 heavy (non-hydrogen) atoms. The van der Waals surface area contributed by atoms with Crippen LogP contribution in [-0.2, 0) is 10.4 Å². The third kappa shape index (κ3) is 2.14. The van der Waals surface area contributed by atoms with E-state index in [0.717, 1.165) is 5.57 Å². The largest absolute Gasteiger partial charge is 0.390 e. The van der Waals surface area contributed by atoms with Crippen LogP contribution in [0.3, 0.4) is 0 Å². The highest BCUT2D eigenvalue weighted by Crippen LogP contribution is 2.72. The van der Waals surface area contributed by atoms with Gasteiger partial charge in [-0.3, -0.25) is 4.79 Å². The molecule has 1 aromatic rings. The molecule has 0 radical (unpaired) electrons. The Morgan fingerprint density at radius 2 is 2.07 bits per heavy atom. The maximum absolute atomic E-state index is 17.1. The molecular weight excluding hydrogens is 403 g/mol. The maximum Gasteiger partial charge on any atom is 0.180 e. The second-order valence-electron chi connectivity index (χ2n) is 10.2. The van der Waals surface area contributed by atoms with Crippen LogP contribution in [0.5, 0.6) is 0 Å². The van der Waals surface area contributed by atoms with Crippen molar-refractivity contribution in [1.29, 1.82) is 0 Å². The fraction of sp³-hybridized carbons (Fsp3) is 0.652. The zero-order chi connectivity index (χ0) is 21.7. The second-order valence-corrected chi connectivity index (χ2v) is 11.1. The van der Waals surface area contributed by atoms with Crippen molar-refractivity contribution in [2.45, 2.75) is 63.8 Å². The van der Waals surface area contributed by atoms with Crippen LogP contribution in [0.15, 0.2) is 29.2 Å². The van der Waals surface area contributed by atoms with Gasteiger partial charge in [0.05, 0.1) is 11.8 Å². The summed E-state index contributed by atoms with van der Waals surface area (Å²) < 4.78 is 17.1. The van der Waals surface area contributed by atoms with Crippen LogP contribution in [0, 0.1) is 28.6 Å². The molecule has 4 N–H and O–H groups in total. The van der Waals surface area contributed by atoms with Gasteiger partial charge in [0.25, 0.3) is 0 Å². The molecular formula is C23H29FN2O3S. The molecule has 1 heterocycles. The highest BCUT2D eigenvalue weighted by Gasteiger charge is 2.74. The summed E-state index contributed by atoms with van der Waals surface area (Å²) in [4.78, 5) is 16.3. The van der Waals surface area contributed by atoms with Crippen LogP contribution in [0.1, 0.15) is 52.1 Å². The fourth-order valence-corrected chi connectivity index (χ4v) is 8.17. The van der Waals surface area contributed by atoms with Crippen molar-refractivity contribution in [3.8, 4) is 0 Å². The van der Waals surface area contributed by atoms with Crippen LogP contribution in [0.25, 0.3) is 0 Å². The zero-order valence-electron chi connectivity index (χ0n) is 17.6. The second kappa shape index (κ2) is 6.02. The number of halogens is 1. The minimum Gasteiger partial charge on any atom is -0.390 e. The van der Waals surface area contributed by atoms with E-state index in [1.54, 1.807) is 17.5 Å². The molecule has 0 unspecified atom stereocenters. The summed E-state index contributed by atoms with van der Waals surface area (Å²) >= 11 is 1.29. The minimum absolute atomic E-state index is 0.113. The van der Waals surface area contributed by atoms with E-state index in [2.05, 4.69) is 4.98 Å². The van der Waals surface area contributed by atoms with Gasteiger partial charge in [-0.15, -0.1) is 11.3 Å². The molecule has 0 saturated heterocycles. The average Bonchev–Trinajstić information content (AvgIpc) is 3.20. The number of nitrogens with two attached hydrogens (primary N) is 1. The number of ketones is 1. The quantitative estimate of drug-likeness (QED) is 0.631. The standard InChI is InChI=1S/C23H29FN2O3S/c1-12-8-16-15-5-4-13-9-14(27)6-7-20(13,2)22(15,24)18(28)10-21(16,3)23(12,29)17-11-30-19(25)26-17/h6-7,9,11-12,15-16,18,28-29H,4-5,8,10H2,1-3H3,(H2,25,26)/t12-,15+,16+,18+,20+,21+,22+,23+/m1/s1. The zero-order valence-corrected chi connectivity index (χ0v) is 18.4. The van der Waals surface area contributed by atoms with E-state index in [9.17, 15) is 15.0 Å². The summed E-state index contributed by atoms with van der Waals surface area (Å²) in [5.41, 5.74) is 2.27. The Morgan fingerprint density at radius 3 is 2.73 bits per heavy atom. The number of allylic oxidation sites excluding steroid dienone is 4. The number of alkyl halides is 1. The Hall–Kier alpha value is -1.57. The van der Waals surface area contributed by atoms with Crippen LogP contribution < -0.4 is 5.73 Å². The van der Waals surface area contributed by atoms with Gasteiger partial charge in [0.2, 0.25) is 0 Å². The number of hydrogen-bond acceptors (Lipinski definition) is 6. The van der Waals surface area contributed by atoms with Gasteiger partial charge < -0.3 is 15.9 Å². The Morgan fingerprint density at radius 1 is 1.33 bits per heavy atom. The Balaban J connectivity index is 1.63. The lowest BCUT2D eigenvalue weighted by molar-refractivity contribution is -0.223. The molecule has 0 spiro atoms. The normalized spacial score (nSPS) is 49.9. The monoisotopic (exact) mass is 432 g/mol. The minimum atomic E-state index is -1.88. The number of carbonyl (C=O) groups is 1. The van der Waals surface area contributed by atoms with Gasteiger partial charge in [-0.1, -0.05) is 25.5 Å². The molecule has 0 bridgehead atoms. The van der Waals surface area contributed by atoms with Crippen molar-refractivity contribution in [3.63, 3.8) is 0 Å². The van der Waals surface area contributed by atoms with Crippen LogP contribution >= 0.6 is 11.3 Å². The molecule has 7 heteroatoms. The van der Waals surface area contributed by atoms with Gasteiger partial charge in [0.1, 0.15) is 5.60 Å². The highest BCUT2D eigenvalue weighted by atomic mass is 32.1.